The zero-order chi connectivity index (χ0) is 11.1. The zero-order valence-electron chi connectivity index (χ0n) is 7.31. The molecular formula is C8H6ClNO2S3. The lowest BCUT2D eigenvalue weighted by molar-refractivity contribution is 0.600. The predicted molar refractivity (Wildman–Crippen MR) is 64.0 cm³/mol. The van der Waals surface area contributed by atoms with E-state index in [9.17, 15) is 8.42 Å². The molecule has 3 nitrogen and oxygen atoms in total. The maximum atomic E-state index is 11.0. The first-order valence-corrected chi connectivity index (χ1v) is 7.41. The molecule has 0 fully saturated rings. The Morgan fingerprint density at radius 1 is 1.07 bits per heavy atom. The molecule has 0 spiro atoms. The lowest BCUT2D eigenvalue weighted by atomic mass is 10.4. The third-order valence-corrected chi connectivity index (χ3v) is 5.63. The van der Waals surface area contributed by atoms with Gasteiger partial charge >= 0.3 is 0 Å². The fourth-order valence-electron chi connectivity index (χ4n) is 1.05. The van der Waals surface area contributed by atoms with Crippen molar-refractivity contribution in [1.82, 2.24) is 0 Å². The van der Waals surface area contributed by atoms with Gasteiger partial charge in [0.1, 0.15) is 4.21 Å². The van der Waals surface area contributed by atoms with Gasteiger partial charge in [0, 0.05) is 9.75 Å². The molecule has 2 rings (SSSR count). The van der Waals surface area contributed by atoms with Crippen molar-refractivity contribution in [2.24, 2.45) is 5.14 Å². The van der Waals surface area contributed by atoms with E-state index in [1.54, 1.807) is 12.1 Å². The van der Waals surface area contributed by atoms with Crippen molar-refractivity contribution in [2.45, 2.75) is 4.21 Å². The smallest absolute Gasteiger partial charge is 0.224 e. The van der Waals surface area contributed by atoms with Gasteiger partial charge in [-0.25, -0.2) is 13.6 Å². The molecule has 0 aliphatic carbocycles. The fourth-order valence-corrected chi connectivity index (χ4v) is 3.91. The number of nitrogens with two attached hydrogens (primary N) is 1. The number of hydrogen-bond donors (Lipinski definition) is 1. The van der Waals surface area contributed by atoms with E-state index in [-0.39, 0.29) is 4.21 Å². The highest BCUT2D eigenvalue weighted by atomic mass is 35.5. The van der Waals surface area contributed by atoms with Crippen LogP contribution in [-0.2, 0) is 10.0 Å². The number of thiophene rings is 2. The molecule has 0 radical (unpaired) electrons. The fraction of sp³-hybridized carbons (Fsp3) is 0. The molecule has 0 aliphatic heterocycles. The zero-order valence-corrected chi connectivity index (χ0v) is 10.5. The predicted octanol–water partition coefficient (Wildman–Crippen LogP) is 2.78. The Morgan fingerprint density at radius 2 is 1.67 bits per heavy atom. The first kappa shape index (κ1) is 11.1. The number of hydrogen-bond acceptors (Lipinski definition) is 4. The maximum Gasteiger partial charge on any atom is 0.247 e. The van der Waals surface area contributed by atoms with E-state index in [1.165, 1.54) is 17.4 Å². The van der Waals surface area contributed by atoms with E-state index in [4.69, 9.17) is 16.7 Å². The van der Waals surface area contributed by atoms with Crippen LogP contribution < -0.4 is 5.14 Å². The summed E-state index contributed by atoms with van der Waals surface area (Å²) in [5.74, 6) is 0. The molecule has 2 aromatic rings. The van der Waals surface area contributed by atoms with Crippen LogP contribution in [0.15, 0.2) is 28.5 Å². The summed E-state index contributed by atoms with van der Waals surface area (Å²) in [6.45, 7) is 0. The first-order valence-electron chi connectivity index (χ1n) is 3.85. The molecule has 0 atom stereocenters. The summed E-state index contributed by atoms with van der Waals surface area (Å²) >= 11 is 8.34. The van der Waals surface area contributed by atoms with Crippen molar-refractivity contribution in [1.29, 1.82) is 0 Å². The van der Waals surface area contributed by atoms with Gasteiger partial charge in [-0.05, 0) is 24.3 Å². The Labute approximate surface area is 100 Å². The average molecular weight is 280 g/mol. The van der Waals surface area contributed by atoms with Crippen molar-refractivity contribution < 1.29 is 8.42 Å². The molecule has 0 amide bonds. The van der Waals surface area contributed by atoms with E-state index < -0.39 is 10.0 Å². The van der Waals surface area contributed by atoms with E-state index in [0.717, 1.165) is 21.1 Å². The van der Waals surface area contributed by atoms with Crippen molar-refractivity contribution in [2.75, 3.05) is 0 Å². The van der Waals surface area contributed by atoms with Gasteiger partial charge in [-0.1, -0.05) is 11.6 Å². The summed E-state index contributed by atoms with van der Waals surface area (Å²) in [6.07, 6.45) is 0. The summed E-state index contributed by atoms with van der Waals surface area (Å²) in [5.41, 5.74) is 0. The average Bonchev–Trinajstić information content (AvgIpc) is 2.69. The molecular weight excluding hydrogens is 274 g/mol. The minimum Gasteiger partial charge on any atom is -0.224 e. The largest absolute Gasteiger partial charge is 0.247 e. The van der Waals surface area contributed by atoms with Gasteiger partial charge in [-0.3, -0.25) is 0 Å². The molecule has 0 saturated carbocycles. The van der Waals surface area contributed by atoms with Gasteiger partial charge in [0.05, 0.1) is 4.34 Å². The second-order valence-electron chi connectivity index (χ2n) is 2.77. The van der Waals surface area contributed by atoms with Crippen LogP contribution in [0.1, 0.15) is 0 Å². The SMILES string of the molecule is NS(=O)(=O)c1ccc(-c2ccc(Cl)s2)s1. The highest BCUT2D eigenvalue weighted by Crippen LogP contribution is 2.36. The number of sulfonamides is 1. The van der Waals surface area contributed by atoms with E-state index in [0.29, 0.717) is 4.34 Å². The van der Waals surface area contributed by atoms with E-state index in [1.807, 2.05) is 6.07 Å². The summed E-state index contributed by atoms with van der Waals surface area (Å²) in [6, 6.07) is 6.86. The lowest BCUT2D eigenvalue weighted by Crippen LogP contribution is -2.09. The third-order valence-electron chi connectivity index (χ3n) is 1.68. The lowest BCUT2D eigenvalue weighted by Gasteiger charge is -1.90. The quantitative estimate of drug-likeness (QED) is 0.919. The van der Waals surface area contributed by atoms with Crippen LogP contribution >= 0.6 is 34.3 Å². The standard InChI is InChI=1S/C8H6ClNO2S3/c9-7-3-1-5(13-7)6-2-4-8(14-6)15(10,11)12/h1-4H,(H2,10,11,12). The van der Waals surface area contributed by atoms with Gasteiger partial charge in [-0.15, -0.1) is 22.7 Å². The van der Waals surface area contributed by atoms with Crippen LogP contribution in [0.2, 0.25) is 4.34 Å². The summed E-state index contributed by atoms with van der Waals surface area (Å²) in [4.78, 5) is 1.80. The summed E-state index contributed by atoms with van der Waals surface area (Å²) in [5, 5.41) is 5.01. The highest BCUT2D eigenvalue weighted by molar-refractivity contribution is 7.91. The van der Waals surface area contributed by atoms with Crippen molar-refractivity contribution >= 4 is 44.3 Å². The second-order valence-corrected chi connectivity index (χ2v) is 7.35. The molecule has 7 heteroatoms. The van der Waals surface area contributed by atoms with Crippen molar-refractivity contribution in [3.8, 4) is 9.75 Å². The molecule has 2 heterocycles. The Bertz CT molecular complexity index is 585. The number of rotatable bonds is 2. The molecule has 2 aromatic heterocycles. The molecule has 0 aromatic carbocycles. The third kappa shape index (κ3) is 2.40. The highest BCUT2D eigenvalue weighted by Gasteiger charge is 2.12. The van der Waals surface area contributed by atoms with E-state index >= 15 is 0 Å². The van der Waals surface area contributed by atoms with Crippen LogP contribution in [0.5, 0.6) is 0 Å². The van der Waals surface area contributed by atoms with Gasteiger partial charge in [0.25, 0.3) is 0 Å². The second kappa shape index (κ2) is 3.88. The van der Waals surface area contributed by atoms with Gasteiger partial charge < -0.3 is 0 Å². The van der Waals surface area contributed by atoms with Crippen LogP contribution in [0.4, 0.5) is 0 Å². The maximum absolute atomic E-state index is 11.0. The van der Waals surface area contributed by atoms with Crippen molar-refractivity contribution in [3.63, 3.8) is 0 Å². The molecule has 80 valence electrons. The summed E-state index contributed by atoms with van der Waals surface area (Å²) < 4.78 is 22.9. The van der Waals surface area contributed by atoms with Crippen molar-refractivity contribution in [3.05, 3.63) is 28.6 Å². The minimum absolute atomic E-state index is 0.169. The molecule has 0 unspecified atom stereocenters. The first-order chi connectivity index (χ1) is 6.97. The van der Waals surface area contributed by atoms with Gasteiger partial charge in [0.2, 0.25) is 10.0 Å². The molecule has 0 bridgehead atoms. The molecule has 0 aliphatic rings. The number of primary sulfonamides is 1. The van der Waals surface area contributed by atoms with Crippen LogP contribution in [-0.4, -0.2) is 8.42 Å². The molecule has 2 N–H and O–H groups in total. The van der Waals surface area contributed by atoms with Gasteiger partial charge in [0.15, 0.2) is 0 Å². The topological polar surface area (TPSA) is 60.2 Å². The summed E-state index contributed by atoms with van der Waals surface area (Å²) in [7, 11) is -3.59. The van der Waals surface area contributed by atoms with Gasteiger partial charge in [-0.2, -0.15) is 0 Å². The Morgan fingerprint density at radius 3 is 2.13 bits per heavy atom. The normalized spacial score (nSPS) is 11.9. The van der Waals surface area contributed by atoms with Crippen LogP contribution in [0, 0.1) is 0 Å². The Balaban J connectivity index is 2.44. The Hall–Kier alpha value is -0.400. The monoisotopic (exact) mass is 279 g/mol. The minimum atomic E-state index is -3.59. The molecule has 0 saturated heterocycles. The van der Waals surface area contributed by atoms with Crippen LogP contribution in [0.25, 0.3) is 9.75 Å². The van der Waals surface area contributed by atoms with E-state index in [2.05, 4.69) is 0 Å². The Kier molecular flexibility index (Phi) is 2.87. The number of halogens is 1. The molecule has 15 heavy (non-hydrogen) atoms. The van der Waals surface area contributed by atoms with Crippen LogP contribution in [0.3, 0.4) is 0 Å².